The summed E-state index contributed by atoms with van der Waals surface area (Å²) >= 11 is 6.34. The number of aromatic nitrogens is 2. The largest absolute Gasteiger partial charge is 0.380 e. The molecule has 1 saturated carbocycles. The molecule has 1 fully saturated rings. The number of carbonyl (C=O) groups is 1. The van der Waals surface area contributed by atoms with Crippen LogP contribution in [0.15, 0.2) is 60.3 Å². The molecule has 1 heterocycles. The van der Waals surface area contributed by atoms with Crippen molar-refractivity contribution in [3.05, 3.63) is 88.0 Å². The third-order valence-corrected chi connectivity index (χ3v) is 9.13. The Balaban J connectivity index is 1.43. The molecule has 3 aromatic rings. The molecule has 3 atom stereocenters. The van der Waals surface area contributed by atoms with Crippen molar-refractivity contribution in [2.24, 2.45) is 11.3 Å². The molecule has 0 saturated heterocycles. The molecular formula is C31H35ClFN3O2. The molecule has 2 aliphatic rings. The molecule has 1 amide bonds. The lowest BCUT2D eigenvalue weighted by atomic mass is 9.68. The fourth-order valence-electron chi connectivity index (χ4n) is 6.25. The average molecular weight is 536 g/mol. The molecule has 1 aromatic heterocycles. The second-order valence-corrected chi connectivity index (χ2v) is 11.4. The maximum Gasteiger partial charge on any atom is 0.252 e. The Morgan fingerprint density at radius 2 is 2.00 bits per heavy atom. The highest BCUT2D eigenvalue weighted by atomic mass is 35.5. The normalized spacial score (nSPS) is 21.4. The van der Waals surface area contributed by atoms with Crippen LogP contribution in [0.25, 0.3) is 11.8 Å². The molecule has 2 aliphatic carbocycles. The maximum absolute atomic E-state index is 13.5. The summed E-state index contributed by atoms with van der Waals surface area (Å²) in [6.07, 6.45) is 8.46. The molecule has 1 unspecified atom stereocenters. The van der Waals surface area contributed by atoms with E-state index in [-0.39, 0.29) is 23.2 Å². The van der Waals surface area contributed by atoms with Crippen molar-refractivity contribution in [3.63, 3.8) is 0 Å². The van der Waals surface area contributed by atoms with Gasteiger partial charge >= 0.3 is 0 Å². The standard InChI is InChI=1S/C31H35ClFN3O2/c1-4-31(38,5-2)29(37)35-27(20-7-6-8-24(32)15-20)16-22-9-10-23-17-28-21(18-30(22,23)3)19-34-36(28)26-13-11-25(33)12-14-26/h6-8,11-15,17,19,22,27,38H,4-5,9-10,16,18H2,1-3H3,(H,35,37)/t22-,27?,30-/m1/s1. The topological polar surface area (TPSA) is 67.2 Å². The highest BCUT2D eigenvalue weighted by Crippen LogP contribution is 2.55. The van der Waals surface area contributed by atoms with Crippen molar-refractivity contribution >= 4 is 23.6 Å². The number of halogens is 2. The van der Waals surface area contributed by atoms with Crippen LogP contribution in [0.2, 0.25) is 5.02 Å². The zero-order chi connectivity index (χ0) is 27.1. The van der Waals surface area contributed by atoms with Crippen LogP contribution >= 0.6 is 11.6 Å². The van der Waals surface area contributed by atoms with Crippen molar-refractivity contribution in [2.75, 3.05) is 0 Å². The van der Waals surface area contributed by atoms with Gasteiger partial charge in [0.1, 0.15) is 11.4 Å². The molecule has 0 bridgehead atoms. The van der Waals surface area contributed by atoms with Crippen LogP contribution in [0.1, 0.15) is 75.7 Å². The summed E-state index contributed by atoms with van der Waals surface area (Å²) in [7, 11) is 0. The first-order chi connectivity index (χ1) is 18.2. The summed E-state index contributed by atoms with van der Waals surface area (Å²) in [5.74, 6) is -0.286. The number of nitrogens with zero attached hydrogens (tertiary/aromatic N) is 2. The number of hydrogen-bond acceptors (Lipinski definition) is 3. The van der Waals surface area contributed by atoms with Gasteiger partial charge in [0.25, 0.3) is 5.91 Å². The molecule has 7 heteroatoms. The summed E-state index contributed by atoms with van der Waals surface area (Å²) < 4.78 is 15.4. The number of allylic oxidation sites excluding steroid dienone is 1. The number of nitrogens with one attached hydrogen (secondary N) is 1. The van der Waals surface area contributed by atoms with E-state index in [0.29, 0.717) is 23.8 Å². The van der Waals surface area contributed by atoms with Crippen molar-refractivity contribution in [1.29, 1.82) is 0 Å². The average Bonchev–Trinajstić information content (AvgIpc) is 3.46. The van der Waals surface area contributed by atoms with E-state index >= 15 is 0 Å². The summed E-state index contributed by atoms with van der Waals surface area (Å²) in [5.41, 5.74) is 3.93. The summed E-state index contributed by atoms with van der Waals surface area (Å²) in [4.78, 5) is 13.2. The van der Waals surface area contributed by atoms with Crippen molar-refractivity contribution in [3.8, 4) is 5.69 Å². The molecule has 5 nitrogen and oxygen atoms in total. The lowest BCUT2D eigenvalue weighted by molar-refractivity contribution is -0.141. The Labute approximate surface area is 228 Å². The highest BCUT2D eigenvalue weighted by Gasteiger charge is 2.46. The molecule has 38 heavy (non-hydrogen) atoms. The smallest absolute Gasteiger partial charge is 0.252 e. The highest BCUT2D eigenvalue weighted by molar-refractivity contribution is 6.30. The van der Waals surface area contributed by atoms with E-state index in [2.05, 4.69) is 23.4 Å². The van der Waals surface area contributed by atoms with E-state index in [0.717, 1.165) is 42.6 Å². The maximum atomic E-state index is 13.5. The first-order valence-electron chi connectivity index (χ1n) is 13.5. The Bertz CT molecular complexity index is 1360. The lowest BCUT2D eigenvalue weighted by Gasteiger charge is -2.38. The Hall–Kier alpha value is -2.96. The molecule has 200 valence electrons. The van der Waals surface area contributed by atoms with Crippen molar-refractivity contribution < 1.29 is 14.3 Å². The minimum Gasteiger partial charge on any atom is -0.380 e. The lowest BCUT2D eigenvalue weighted by Crippen LogP contribution is -2.47. The Morgan fingerprint density at radius 1 is 1.26 bits per heavy atom. The zero-order valence-electron chi connectivity index (χ0n) is 22.2. The quantitative estimate of drug-likeness (QED) is 0.332. The second kappa shape index (κ2) is 10.3. The number of fused-ring (bicyclic) bond motifs is 2. The monoisotopic (exact) mass is 535 g/mol. The van der Waals surface area contributed by atoms with Crippen LogP contribution in [0.4, 0.5) is 4.39 Å². The van der Waals surface area contributed by atoms with Gasteiger partial charge in [-0.05, 0) is 103 Å². The Morgan fingerprint density at radius 3 is 2.68 bits per heavy atom. The van der Waals surface area contributed by atoms with Crippen molar-refractivity contribution in [1.82, 2.24) is 15.1 Å². The minimum absolute atomic E-state index is 0.0724. The van der Waals surface area contributed by atoms with Gasteiger partial charge in [0, 0.05) is 5.02 Å². The van der Waals surface area contributed by atoms with Crippen LogP contribution in [-0.4, -0.2) is 26.4 Å². The van der Waals surface area contributed by atoms with Gasteiger partial charge in [-0.2, -0.15) is 5.10 Å². The van der Waals surface area contributed by atoms with E-state index < -0.39 is 5.60 Å². The van der Waals surface area contributed by atoms with Gasteiger partial charge < -0.3 is 10.4 Å². The molecule has 0 radical (unpaired) electrons. The number of carbonyl (C=O) groups excluding carboxylic acids is 1. The Kier molecular flexibility index (Phi) is 7.23. The molecule has 2 aromatic carbocycles. The second-order valence-electron chi connectivity index (χ2n) is 11.0. The van der Waals surface area contributed by atoms with E-state index in [1.54, 1.807) is 12.1 Å². The first-order valence-corrected chi connectivity index (χ1v) is 13.9. The van der Waals surface area contributed by atoms with Crippen LogP contribution in [0.3, 0.4) is 0 Å². The summed E-state index contributed by atoms with van der Waals surface area (Å²) in [6.45, 7) is 5.98. The van der Waals surface area contributed by atoms with Crippen LogP contribution in [0, 0.1) is 17.2 Å². The number of aliphatic hydroxyl groups is 1. The van der Waals surface area contributed by atoms with Gasteiger partial charge in [-0.1, -0.05) is 50.1 Å². The van der Waals surface area contributed by atoms with Gasteiger partial charge in [0.05, 0.1) is 23.6 Å². The fourth-order valence-corrected chi connectivity index (χ4v) is 6.45. The van der Waals surface area contributed by atoms with E-state index in [4.69, 9.17) is 11.6 Å². The number of benzene rings is 2. The third kappa shape index (κ3) is 4.80. The predicted molar refractivity (Wildman–Crippen MR) is 149 cm³/mol. The number of amides is 1. The van der Waals surface area contributed by atoms with Crippen LogP contribution in [-0.2, 0) is 11.2 Å². The van der Waals surface area contributed by atoms with Gasteiger partial charge in [-0.15, -0.1) is 0 Å². The molecular weight excluding hydrogens is 501 g/mol. The van der Waals surface area contributed by atoms with Crippen molar-refractivity contribution in [2.45, 2.75) is 70.9 Å². The minimum atomic E-state index is -1.39. The summed E-state index contributed by atoms with van der Waals surface area (Å²) in [6, 6.07) is 13.8. The fraction of sp³-hybridized carbons (Fsp3) is 0.419. The van der Waals surface area contributed by atoms with Crippen LogP contribution in [0.5, 0.6) is 0 Å². The molecule has 0 aliphatic heterocycles. The number of hydrogen-bond donors (Lipinski definition) is 2. The molecule has 5 rings (SSSR count). The summed E-state index contributed by atoms with van der Waals surface area (Å²) in [5, 5.41) is 19.3. The van der Waals surface area contributed by atoms with E-state index in [1.807, 2.05) is 49.0 Å². The predicted octanol–water partition coefficient (Wildman–Crippen LogP) is 6.82. The number of rotatable bonds is 8. The van der Waals surface area contributed by atoms with Gasteiger partial charge in [-0.3, -0.25) is 4.79 Å². The molecule has 2 N–H and O–H groups in total. The van der Waals surface area contributed by atoms with Gasteiger partial charge in [0.15, 0.2) is 0 Å². The first kappa shape index (κ1) is 26.6. The van der Waals surface area contributed by atoms with E-state index in [1.165, 1.54) is 23.3 Å². The third-order valence-electron chi connectivity index (χ3n) is 8.89. The van der Waals surface area contributed by atoms with Gasteiger partial charge in [-0.25, -0.2) is 9.07 Å². The SMILES string of the molecule is CCC(O)(CC)C(=O)NC(C[C@H]1CCC2=Cc3c(cnn3-c3ccc(F)cc3)C[C@@]21C)c1cccc(Cl)c1. The van der Waals surface area contributed by atoms with E-state index in [9.17, 15) is 14.3 Å². The molecule has 0 spiro atoms. The zero-order valence-corrected chi connectivity index (χ0v) is 22.9. The van der Waals surface area contributed by atoms with Crippen LogP contribution < -0.4 is 5.32 Å². The van der Waals surface area contributed by atoms with Gasteiger partial charge in [0.2, 0.25) is 0 Å².